The first kappa shape index (κ1) is 78.6. The standard InChI is InChI=1S/C26H42NP.C16H17NO4.C12H13NO4.C12H23P.C7H12O2.C5H10.Fe/c1-27(2)26(21-13-9-10-14-21)24-19-11-12-20-25(24)28(22-15-5-3-6-16-22)23-17-7-4-8-18-23;1-9-6-10-7-12-11(4-5-13(17-12)20-2)16(8-9,14(10)18)15(19)21-3;1-16-10-6-3-7-8(13-10)4-5-9(14)11(7)12(15)17-2;1-3-7-11(8-4-1)13-12-9-5-2-6-10-12;1-4-6(2)5-9-7(3)8;1-2-4-5-3-1;/h11-12,19-23,26H,3-10,13-18H2,1-2H3;4-5,10H,1,6-8H2,2-3H3;3,6,14H,4-5H2,1-2H3;11-13H,1-10H2;2,4-5H2,1,3H3;1-5H2;. The van der Waals surface area contributed by atoms with Gasteiger partial charge in [0.1, 0.15) is 17.9 Å². The average Bonchev–Trinajstić information content (AvgIpc) is 0.770. The average molecular weight is 1370 g/mol. The van der Waals surface area contributed by atoms with Gasteiger partial charge in [-0.1, -0.05) is 186 Å². The molecule has 9 aliphatic rings. The predicted octanol–water partition coefficient (Wildman–Crippen LogP) is 18.1. The molecule has 1 aromatic carbocycles. The molecular weight excluding hydrogens is 1260 g/mol. The fraction of sp³-hybridized carbons (Fsp3) is 0.667. The molecule has 1 N–H and O–H groups in total. The van der Waals surface area contributed by atoms with Crippen LogP contribution in [-0.4, -0.2) is 115 Å². The van der Waals surface area contributed by atoms with Crippen LogP contribution in [0.15, 0.2) is 78.6 Å². The molecule has 3 aromatic rings. The molecule has 16 heteroatoms. The number of hydrogen-bond donors (Lipinski definition) is 1. The van der Waals surface area contributed by atoms with Gasteiger partial charge in [-0.15, -0.1) is 8.58 Å². The Labute approximate surface area is 579 Å². The van der Waals surface area contributed by atoms with Crippen molar-refractivity contribution in [2.75, 3.05) is 49.1 Å². The molecule has 0 saturated heterocycles. The third-order valence-corrected chi connectivity index (χ3v) is 26.6. The van der Waals surface area contributed by atoms with E-state index in [0.29, 0.717) is 67.6 Å². The van der Waals surface area contributed by atoms with Crippen LogP contribution in [0.1, 0.15) is 260 Å². The van der Waals surface area contributed by atoms with E-state index in [2.05, 4.69) is 75.9 Å². The summed E-state index contributed by atoms with van der Waals surface area (Å²) in [5, 5.41) is 11.6. The number of pyridine rings is 2. The monoisotopic (exact) mass is 1370 g/mol. The Morgan fingerprint density at radius 1 is 0.670 bits per heavy atom. The largest absolute Gasteiger partial charge is 0.511 e. The summed E-state index contributed by atoms with van der Waals surface area (Å²) in [5.74, 6) is 0.265. The maximum Gasteiger partial charge on any atom is 0.341 e. The zero-order valence-electron chi connectivity index (χ0n) is 58.8. The van der Waals surface area contributed by atoms with Crippen LogP contribution in [0.4, 0.5) is 0 Å². The summed E-state index contributed by atoms with van der Waals surface area (Å²) < 4.78 is 24.4. The Bertz CT molecular complexity index is 2860. The zero-order chi connectivity index (χ0) is 66.7. The number of carbonyl (C=O) groups is 4. The third-order valence-electron chi connectivity index (χ3n) is 20.9. The van der Waals surface area contributed by atoms with Gasteiger partial charge in [0, 0.05) is 72.2 Å². The molecule has 9 aliphatic carbocycles. The van der Waals surface area contributed by atoms with Crippen molar-refractivity contribution >= 4 is 51.1 Å². The summed E-state index contributed by atoms with van der Waals surface area (Å²) in [6.07, 6.45) is 46.9. The van der Waals surface area contributed by atoms with Crippen LogP contribution in [0.25, 0.3) is 5.57 Å². The van der Waals surface area contributed by atoms with Crippen LogP contribution >= 0.6 is 16.5 Å². The van der Waals surface area contributed by atoms with Gasteiger partial charge < -0.3 is 33.7 Å². The van der Waals surface area contributed by atoms with Crippen molar-refractivity contribution in [2.24, 2.45) is 11.8 Å². The van der Waals surface area contributed by atoms with E-state index in [4.69, 9.17) is 14.2 Å². The van der Waals surface area contributed by atoms with Crippen molar-refractivity contribution in [3.8, 4) is 11.8 Å². The summed E-state index contributed by atoms with van der Waals surface area (Å²) >= 11 is 0. The maximum absolute atomic E-state index is 12.8. The number of aromatic nitrogens is 2. The van der Waals surface area contributed by atoms with E-state index in [1.54, 1.807) is 62.6 Å². The van der Waals surface area contributed by atoms with Crippen LogP contribution in [0, 0.1) is 11.8 Å². The number of fused-ring (bicyclic) bond motifs is 5. The fourth-order valence-electron chi connectivity index (χ4n) is 16.1. The molecule has 2 aromatic heterocycles. The van der Waals surface area contributed by atoms with Gasteiger partial charge in [0.15, 0.2) is 11.2 Å². The van der Waals surface area contributed by atoms with E-state index in [1.807, 2.05) is 12.2 Å². The molecule has 0 radical (unpaired) electrons. The molecule has 7 saturated carbocycles. The first-order chi connectivity index (χ1) is 45.1. The zero-order valence-corrected chi connectivity index (χ0v) is 61.8. The van der Waals surface area contributed by atoms with Crippen LogP contribution in [-0.2, 0) is 68.7 Å². The minimum absolute atomic E-state index is 0. The Kier molecular flexibility index (Phi) is 34.3. The molecule has 3 unspecified atom stereocenters. The van der Waals surface area contributed by atoms with E-state index >= 15 is 0 Å². The molecule has 522 valence electrons. The number of hydrogen-bond acceptors (Lipinski definition) is 13. The normalized spacial score (nSPS) is 21.8. The number of carbonyl (C=O) groups excluding carboxylic acids is 4. The summed E-state index contributed by atoms with van der Waals surface area (Å²) in [5.41, 5.74) is 9.54. The number of nitrogens with zero attached hydrogens (tertiary/aromatic N) is 3. The summed E-state index contributed by atoms with van der Waals surface area (Å²) in [6.45, 7) is 11.4. The molecule has 12 rings (SSSR count). The maximum atomic E-state index is 12.8. The predicted molar refractivity (Wildman–Crippen MR) is 382 cm³/mol. The Hall–Kier alpha value is -4.44. The number of benzene rings is 1. The number of esters is 3. The fourth-order valence-corrected chi connectivity index (χ4v) is 22.2. The quantitative estimate of drug-likeness (QED) is 0.0382. The van der Waals surface area contributed by atoms with Crippen molar-refractivity contribution in [3.63, 3.8) is 0 Å². The first-order valence-electron chi connectivity index (χ1n) is 36.0. The van der Waals surface area contributed by atoms with Gasteiger partial charge >= 0.3 is 17.9 Å². The molecule has 2 bridgehead atoms. The number of allylic oxidation sites excluding steroid dienone is 2. The number of ketones is 1. The molecule has 0 amide bonds. The second-order valence-corrected chi connectivity index (χ2v) is 32.5. The molecular formula is C78H117FeN3O10P2. The Morgan fingerprint density at radius 2 is 1.17 bits per heavy atom. The van der Waals surface area contributed by atoms with Gasteiger partial charge in [-0.3, -0.25) is 14.4 Å². The van der Waals surface area contributed by atoms with Gasteiger partial charge in [-0.25, -0.2) is 14.8 Å². The van der Waals surface area contributed by atoms with E-state index in [0.717, 1.165) is 57.5 Å². The summed E-state index contributed by atoms with van der Waals surface area (Å²) in [4.78, 5) is 58.3. The molecule has 94 heavy (non-hydrogen) atoms. The van der Waals surface area contributed by atoms with Gasteiger partial charge in [0.05, 0.1) is 34.1 Å². The SMILES string of the molecule is C1CCC(PC2CCCCC2)CC1.C1CCCC1.C=C(CC)COC(C)=O.C=C1CC2Cc3nc(OC)ccc3C(C(=O)OC)(C1)C2=O.CN(C)C(c1ccccc1P(C1CCCCC1)C1CCCCC1)C1CCCC1.COC(=O)C1=C(O)CCc2nc(OC)ccc21.[Fe]. The van der Waals surface area contributed by atoms with E-state index in [9.17, 15) is 24.3 Å². The van der Waals surface area contributed by atoms with Crippen molar-refractivity contribution < 1.29 is 65.0 Å². The summed E-state index contributed by atoms with van der Waals surface area (Å²) in [6, 6.07) is 17.2. The number of Topliss-reactive ketones (excluding diaryl/α,β-unsaturated/α-hetero) is 1. The minimum atomic E-state index is -1.28. The van der Waals surface area contributed by atoms with Gasteiger partial charge in [-0.05, 0) is 161 Å². The van der Waals surface area contributed by atoms with Crippen LogP contribution in [0.2, 0.25) is 0 Å². The Balaban J connectivity index is 0.000000190. The molecule has 3 atom stereocenters. The van der Waals surface area contributed by atoms with Crippen molar-refractivity contribution in [2.45, 2.75) is 273 Å². The molecule has 2 heterocycles. The number of rotatable bonds is 15. The molecule has 0 spiro atoms. The van der Waals surface area contributed by atoms with Crippen molar-refractivity contribution in [1.29, 1.82) is 0 Å². The number of ether oxygens (including phenoxy) is 5. The van der Waals surface area contributed by atoms with Gasteiger partial charge in [0.2, 0.25) is 11.8 Å². The van der Waals surface area contributed by atoms with Crippen LogP contribution in [0.5, 0.6) is 11.8 Å². The molecule has 13 nitrogen and oxygen atoms in total. The Morgan fingerprint density at radius 3 is 1.67 bits per heavy atom. The topological polar surface area (TPSA) is 164 Å². The minimum Gasteiger partial charge on any atom is -0.511 e. The van der Waals surface area contributed by atoms with E-state index in [1.165, 1.54) is 197 Å². The van der Waals surface area contributed by atoms with E-state index in [-0.39, 0.29) is 54.0 Å². The molecule has 0 aliphatic heterocycles. The third kappa shape index (κ3) is 22.3. The van der Waals surface area contributed by atoms with E-state index < -0.39 is 17.4 Å². The number of aryl methyl sites for hydroxylation is 1. The number of aliphatic hydroxyl groups excluding tert-OH is 1. The summed E-state index contributed by atoms with van der Waals surface area (Å²) in [7, 11) is 11.7. The van der Waals surface area contributed by atoms with Gasteiger partial charge in [-0.2, -0.15) is 0 Å². The molecule has 7 fully saturated rings. The smallest absolute Gasteiger partial charge is 0.341 e. The van der Waals surface area contributed by atoms with Crippen molar-refractivity contribution in [1.82, 2.24) is 14.9 Å². The number of aliphatic hydroxyl groups is 1. The van der Waals surface area contributed by atoms with Crippen molar-refractivity contribution in [3.05, 3.63) is 107 Å². The first-order valence-corrected chi connectivity index (χ1v) is 38.7. The second-order valence-electron chi connectivity index (χ2n) is 27.8. The number of methoxy groups -OCH3 is 4. The van der Waals surface area contributed by atoms with Crippen LogP contribution in [0.3, 0.4) is 0 Å². The van der Waals surface area contributed by atoms with Crippen LogP contribution < -0.4 is 14.8 Å². The van der Waals surface area contributed by atoms with Gasteiger partial charge in [0.25, 0.3) is 0 Å². The second kappa shape index (κ2) is 41.1.